The summed E-state index contributed by atoms with van der Waals surface area (Å²) in [5.74, 6) is 0.278. The van der Waals surface area contributed by atoms with Gasteiger partial charge in [0.05, 0.1) is 0 Å². The van der Waals surface area contributed by atoms with Crippen molar-refractivity contribution in [2.75, 3.05) is 0 Å². The zero-order valence-corrected chi connectivity index (χ0v) is 9.92. The Hall–Kier alpha value is -1.31. The fourth-order valence-electron chi connectivity index (χ4n) is 1.18. The lowest BCUT2D eigenvalue weighted by Gasteiger charge is -2.08. The van der Waals surface area contributed by atoms with Crippen LogP contribution in [-0.4, -0.2) is 5.91 Å². The summed E-state index contributed by atoms with van der Waals surface area (Å²) in [6.45, 7) is 9.70. The van der Waals surface area contributed by atoms with Gasteiger partial charge in [0.25, 0.3) is 0 Å². The maximum Gasteiger partial charge on any atom is 0.244 e. The normalized spacial score (nSPS) is 13.1. The molecule has 0 rings (SSSR count). The van der Waals surface area contributed by atoms with E-state index in [1.165, 1.54) is 0 Å². The van der Waals surface area contributed by atoms with Crippen LogP contribution >= 0.6 is 0 Å². The molecule has 84 valence electrons. The van der Waals surface area contributed by atoms with Crippen LogP contribution in [-0.2, 0) is 4.79 Å². The molecule has 0 aromatic rings. The largest absolute Gasteiger partial charge is 0.366 e. The Balaban J connectivity index is 4.72. The zero-order valence-electron chi connectivity index (χ0n) is 9.92. The minimum absolute atomic E-state index is 0.345. The van der Waals surface area contributed by atoms with E-state index in [1.807, 2.05) is 12.2 Å². The van der Waals surface area contributed by atoms with Crippen LogP contribution < -0.4 is 5.73 Å². The molecule has 0 saturated heterocycles. The van der Waals surface area contributed by atoms with Crippen molar-refractivity contribution < 1.29 is 4.79 Å². The highest BCUT2D eigenvalue weighted by molar-refractivity contribution is 5.92. The fourth-order valence-corrected chi connectivity index (χ4v) is 1.18. The molecule has 0 aliphatic heterocycles. The van der Waals surface area contributed by atoms with Gasteiger partial charge in [-0.15, -0.1) is 0 Å². The maximum atomic E-state index is 11.1. The monoisotopic (exact) mass is 207 g/mol. The van der Waals surface area contributed by atoms with E-state index >= 15 is 0 Å². The average Bonchev–Trinajstić information content (AvgIpc) is 2.16. The molecule has 0 fully saturated rings. The van der Waals surface area contributed by atoms with Gasteiger partial charge in [0, 0.05) is 5.57 Å². The van der Waals surface area contributed by atoms with E-state index in [-0.39, 0.29) is 5.91 Å². The third kappa shape index (κ3) is 5.89. The van der Waals surface area contributed by atoms with Crippen molar-refractivity contribution in [2.45, 2.75) is 33.6 Å². The van der Waals surface area contributed by atoms with Gasteiger partial charge < -0.3 is 5.73 Å². The summed E-state index contributed by atoms with van der Waals surface area (Å²) >= 11 is 0. The summed E-state index contributed by atoms with van der Waals surface area (Å²) in [5, 5.41) is 0. The standard InChI is InChI=1S/C13H21NO/c1-5-6-7-12(9-8-10(2)3)11(4)13(14)15/h5-7,10H,1,8-9H2,2-4H3,(H2,14,15)/b7-6-,12-11-. The van der Waals surface area contributed by atoms with Crippen LogP contribution in [0.25, 0.3) is 0 Å². The van der Waals surface area contributed by atoms with Crippen molar-refractivity contribution in [3.8, 4) is 0 Å². The Morgan fingerprint density at radius 3 is 2.47 bits per heavy atom. The van der Waals surface area contributed by atoms with Crippen LogP contribution in [0.2, 0.25) is 0 Å². The van der Waals surface area contributed by atoms with Crippen molar-refractivity contribution in [3.63, 3.8) is 0 Å². The number of hydrogen-bond donors (Lipinski definition) is 1. The Labute approximate surface area is 92.6 Å². The van der Waals surface area contributed by atoms with Crippen molar-refractivity contribution in [1.29, 1.82) is 0 Å². The van der Waals surface area contributed by atoms with E-state index in [0.29, 0.717) is 11.5 Å². The Morgan fingerprint density at radius 1 is 1.47 bits per heavy atom. The van der Waals surface area contributed by atoms with Crippen molar-refractivity contribution in [1.82, 2.24) is 0 Å². The summed E-state index contributed by atoms with van der Waals surface area (Å²) in [7, 11) is 0. The second-order valence-corrected chi connectivity index (χ2v) is 4.04. The van der Waals surface area contributed by atoms with Crippen LogP contribution in [0.1, 0.15) is 33.6 Å². The molecule has 2 nitrogen and oxygen atoms in total. The summed E-state index contributed by atoms with van der Waals surface area (Å²) < 4.78 is 0. The Kier molecular flexibility index (Phi) is 6.43. The molecule has 0 aromatic carbocycles. The summed E-state index contributed by atoms with van der Waals surface area (Å²) in [6.07, 6.45) is 7.39. The number of allylic oxidation sites excluding steroid dienone is 4. The second-order valence-electron chi connectivity index (χ2n) is 4.04. The molecule has 0 saturated carbocycles. The molecule has 2 N–H and O–H groups in total. The smallest absolute Gasteiger partial charge is 0.244 e. The number of nitrogens with two attached hydrogens (primary N) is 1. The minimum Gasteiger partial charge on any atom is -0.366 e. The Bertz CT molecular complexity index is 285. The van der Waals surface area contributed by atoms with Gasteiger partial charge >= 0.3 is 0 Å². The topological polar surface area (TPSA) is 43.1 Å². The molecule has 0 spiro atoms. The van der Waals surface area contributed by atoms with Gasteiger partial charge in [0.2, 0.25) is 5.91 Å². The van der Waals surface area contributed by atoms with Gasteiger partial charge in [0.15, 0.2) is 0 Å². The first-order valence-corrected chi connectivity index (χ1v) is 5.27. The van der Waals surface area contributed by atoms with Crippen LogP contribution in [0.3, 0.4) is 0 Å². The number of amides is 1. The molecule has 0 radical (unpaired) electrons. The summed E-state index contributed by atoms with van der Waals surface area (Å²) in [6, 6.07) is 0. The van der Waals surface area contributed by atoms with E-state index in [9.17, 15) is 4.79 Å². The molecule has 0 aromatic heterocycles. The molecule has 0 heterocycles. The molecule has 0 aliphatic rings. The molecule has 15 heavy (non-hydrogen) atoms. The van der Waals surface area contributed by atoms with Crippen LogP contribution in [0.4, 0.5) is 0 Å². The maximum absolute atomic E-state index is 11.1. The Morgan fingerprint density at radius 2 is 2.07 bits per heavy atom. The number of carbonyl (C=O) groups excluding carboxylic acids is 1. The van der Waals surface area contributed by atoms with E-state index in [0.717, 1.165) is 18.4 Å². The highest BCUT2D eigenvalue weighted by atomic mass is 16.1. The second kappa shape index (κ2) is 7.04. The van der Waals surface area contributed by atoms with E-state index in [4.69, 9.17) is 5.73 Å². The lowest BCUT2D eigenvalue weighted by Crippen LogP contribution is -2.13. The first-order chi connectivity index (χ1) is 6.99. The highest BCUT2D eigenvalue weighted by Crippen LogP contribution is 2.16. The van der Waals surface area contributed by atoms with Gasteiger partial charge in [0.1, 0.15) is 0 Å². The van der Waals surface area contributed by atoms with Crippen molar-refractivity contribution >= 4 is 5.91 Å². The number of carbonyl (C=O) groups is 1. The molecule has 0 atom stereocenters. The first kappa shape index (κ1) is 13.7. The lowest BCUT2D eigenvalue weighted by molar-refractivity contribution is -0.114. The SMILES string of the molecule is C=C/C=C\C(CCC(C)C)=C(/C)C(N)=O. The van der Waals surface area contributed by atoms with Gasteiger partial charge in [-0.2, -0.15) is 0 Å². The highest BCUT2D eigenvalue weighted by Gasteiger charge is 2.05. The van der Waals surface area contributed by atoms with Crippen LogP contribution in [0.15, 0.2) is 36.0 Å². The third-order valence-corrected chi connectivity index (χ3v) is 2.28. The molecule has 2 heteroatoms. The van der Waals surface area contributed by atoms with E-state index < -0.39 is 0 Å². The number of rotatable bonds is 6. The van der Waals surface area contributed by atoms with Gasteiger partial charge in [-0.05, 0) is 31.3 Å². The quantitative estimate of drug-likeness (QED) is 0.528. The molecule has 1 amide bonds. The molecule has 0 aliphatic carbocycles. The summed E-state index contributed by atoms with van der Waals surface area (Å²) in [4.78, 5) is 11.1. The summed E-state index contributed by atoms with van der Waals surface area (Å²) in [5.41, 5.74) is 6.92. The zero-order chi connectivity index (χ0) is 11.8. The first-order valence-electron chi connectivity index (χ1n) is 5.27. The van der Waals surface area contributed by atoms with Gasteiger partial charge in [-0.25, -0.2) is 0 Å². The van der Waals surface area contributed by atoms with Gasteiger partial charge in [-0.3, -0.25) is 4.79 Å². The minimum atomic E-state index is -0.345. The van der Waals surface area contributed by atoms with E-state index in [2.05, 4.69) is 20.4 Å². The molecular formula is C13H21NO. The lowest BCUT2D eigenvalue weighted by atomic mass is 9.98. The average molecular weight is 207 g/mol. The predicted molar refractivity (Wildman–Crippen MR) is 65.3 cm³/mol. The van der Waals surface area contributed by atoms with E-state index in [1.54, 1.807) is 13.0 Å². The van der Waals surface area contributed by atoms with Crippen LogP contribution in [0.5, 0.6) is 0 Å². The molecule has 0 bridgehead atoms. The van der Waals surface area contributed by atoms with Crippen molar-refractivity contribution in [3.05, 3.63) is 36.0 Å². The molecular weight excluding hydrogens is 186 g/mol. The van der Waals surface area contributed by atoms with Gasteiger partial charge in [-0.1, -0.05) is 38.7 Å². The fraction of sp³-hybridized carbons (Fsp3) is 0.462. The third-order valence-electron chi connectivity index (χ3n) is 2.28. The van der Waals surface area contributed by atoms with Crippen LogP contribution in [0, 0.1) is 5.92 Å². The molecule has 0 unspecified atom stereocenters. The number of primary amides is 1. The number of hydrogen-bond acceptors (Lipinski definition) is 1. The predicted octanol–water partition coefficient (Wildman–Crippen LogP) is 2.97. The van der Waals surface area contributed by atoms with Crippen molar-refractivity contribution in [2.24, 2.45) is 11.7 Å².